The Morgan fingerprint density at radius 2 is 1.56 bits per heavy atom. The standard InChI is InChI=1S/C15H22O10/c1-7(16)20-6-10-11(21-8(2)17)12(22-9(3)18)13-14(23-10)25-15(4,19-5)24-13/h10-14H,6H2,1-5H3/t10?,11-,12-,13?,14+,15?/m1/s1. The molecule has 2 aliphatic heterocycles. The molecule has 0 saturated carbocycles. The molecule has 0 bridgehead atoms. The topological polar surface area (TPSA) is 116 Å². The van der Waals surface area contributed by atoms with Crippen molar-refractivity contribution in [3.05, 3.63) is 0 Å². The fraction of sp³-hybridized carbons (Fsp3) is 0.800. The normalized spacial score (nSPS) is 37.1. The van der Waals surface area contributed by atoms with Crippen molar-refractivity contribution < 1.29 is 47.5 Å². The molecule has 2 aliphatic rings. The monoisotopic (exact) mass is 362 g/mol. The molecule has 25 heavy (non-hydrogen) atoms. The Kier molecular flexibility index (Phi) is 5.99. The van der Waals surface area contributed by atoms with E-state index in [2.05, 4.69) is 0 Å². The van der Waals surface area contributed by atoms with Gasteiger partial charge >= 0.3 is 17.9 Å². The largest absolute Gasteiger partial charge is 0.463 e. The van der Waals surface area contributed by atoms with E-state index in [-0.39, 0.29) is 6.61 Å². The van der Waals surface area contributed by atoms with Crippen molar-refractivity contribution in [2.75, 3.05) is 13.7 Å². The predicted octanol–water partition coefficient (Wildman–Crippen LogP) is -0.127. The van der Waals surface area contributed by atoms with Crippen LogP contribution in [0.4, 0.5) is 0 Å². The molecule has 10 nitrogen and oxygen atoms in total. The van der Waals surface area contributed by atoms with Gasteiger partial charge in [0.1, 0.15) is 12.7 Å². The molecular formula is C15H22O10. The van der Waals surface area contributed by atoms with Gasteiger partial charge in [-0.2, -0.15) is 0 Å². The highest BCUT2D eigenvalue weighted by atomic mass is 16.9. The van der Waals surface area contributed by atoms with Crippen LogP contribution in [0.25, 0.3) is 0 Å². The summed E-state index contributed by atoms with van der Waals surface area (Å²) in [6, 6.07) is 0. The van der Waals surface area contributed by atoms with Crippen LogP contribution in [0.15, 0.2) is 0 Å². The van der Waals surface area contributed by atoms with Crippen LogP contribution in [-0.4, -0.2) is 68.3 Å². The van der Waals surface area contributed by atoms with E-state index in [0.29, 0.717) is 0 Å². The summed E-state index contributed by atoms with van der Waals surface area (Å²) in [4.78, 5) is 34.1. The quantitative estimate of drug-likeness (QED) is 0.484. The second-order valence-electron chi connectivity index (χ2n) is 5.76. The Morgan fingerprint density at radius 1 is 0.960 bits per heavy atom. The zero-order chi connectivity index (χ0) is 18.8. The smallest absolute Gasteiger partial charge is 0.303 e. The maximum absolute atomic E-state index is 11.5. The number of ether oxygens (including phenoxy) is 7. The van der Waals surface area contributed by atoms with E-state index >= 15 is 0 Å². The summed E-state index contributed by atoms with van der Waals surface area (Å²) < 4.78 is 37.6. The number of carbonyl (C=O) groups is 3. The van der Waals surface area contributed by atoms with Gasteiger partial charge in [0.2, 0.25) is 0 Å². The molecule has 0 aromatic carbocycles. The van der Waals surface area contributed by atoms with Gasteiger partial charge in [-0.3, -0.25) is 19.1 Å². The second-order valence-corrected chi connectivity index (χ2v) is 5.76. The van der Waals surface area contributed by atoms with E-state index in [4.69, 9.17) is 33.2 Å². The highest BCUT2D eigenvalue weighted by Crippen LogP contribution is 2.39. The summed E-state index contributed by atoms with van der Waals surface area (Å²) in [5.74, 6) is -3.19. The Labute approximate surface area is 144 Å². The van der Waals surface area contributed by atoms with Crippen LogP contribution in [0.1, 0.15) is 27.7 Å². The first-order valence-corrected chi connectivity index (χ1v) is 7.69. The summed E-state index contributed by atoms with van der Waals surface area (Å²) >= 11 is 0. The molecule has 3 unspecified atom stereocenters. The van der Waals surface area contributed by atoms with E-state index in [1.54, 1.807) is 0 Å². The summed E-state index contributed by atoms with van der Waals surface area (Å²) in [5.41, 5.74) is 0. The molecule has 2 fully saturated rings. The van der Waals surface area contributed by atoms with Crippen LogP contribution in [0, 0.1) is 0 Å². The first kappa shape index (κ1) is 19.6. The summed E-state index contributed by atoms with van der Waals surface area (Å²) in [6.45, 7) is 4.93. The molecule has 0 amide bonds. The predicted molar refractivity (Wildman–Crippen MR) is 77.8 cm³/mol. The van der Waals surface area contributed by atoms with Gasteiger partial charge in [-0.25, -0.2) is 0 Å². The number of rotatable bonds is 5. The van der Waals surface area contributed by atoms with Crippen LogP contribution in [0.2, 0.25) is 0 Å². The van der Waals surface area contributed by atoms with Gasteiger partial charge in [0, 0.05) is 34.8 Å². The van der Waals surface area contributed by atoms with Gasteiger partial charge in [-0.1, -0.05) is 0 Å². The molecular weight excluding hydrogens is 340 g/mol. The minimum atomic E-state index is -1.43. The van der Waals surface area contributed by atoms with E-state index < -0.39 is 54.6 Å². The zero-order valence-corrected chi connectivity index (χ0v) is 14.7. The third-order valence-corrected chi connectivity index (χ3v) is 3.70. The van der Waals surface area contributed by atoms with Crippen molar-refractivity contribution >= 4 is 17.9 Å². The molecule has 0 spiro atoms. The maximum atomic E-state index is 11.5. The maximum Gasteiger partial charge on any atom is 0.303 e. The molecule has 0 aromatic heterocycles. The first-order valence-electron chi connectivity index (χ1n) is 7.69. The summed E-state index contributed by atoms with van der Waals surface area (Å²) in [5, 5.41) is 0. The van der Waals surface area contributed by atoms with Crippen molar-refractivity contribution in [2.45, 2.75) is 64.4 Å². The minimum Gasteiger partial charge on any atom is -0.463 e. The van der Waals surface area contributed by atoms with E-state index in [9.17, 15) is 14.4 Å². The molecule has 0 N–H and O–H groups in total. The van der Waals surface area contributed by atoms with Crippen molar-refractivity contribution in [3.63, 3.8) is 0 Å². The average Bonchev–Trinajstić information content (AvgIpc) is 2.84. The van der Waals surface area contributed by atoms with Crippen molar-refractivity contribution in [1.29, 1.82) is 0 Å². The lowest BCUT2D eigenvalue weighted by Crippen LogP contribution is -2.60. The average molecular weight is 362 g/mol. The Bertz CT molecular complexity index is 534. The molecule has 6 atom stereocenters. The summed E-state index contributed by atoms with van der Waals surface area (Å²) in [6.07, 6.45) is -4.86. The van der Waals surface area contributed by atoms with E-state index in [1.807, 2.05) is 0 Å². The number of esters is 3. The van der Waals surface area contributed by atoms with Crippen LogP contribution in [-0.2, 0) is 47.5 Å². The van der Waals surface area contributed by atoms with Gasteiger partial charge < -0.3 is 28.4 Å². The van der Waals surface area contributed by atoms with Crippen molar-refractivity contribution in [3.8, 4) is 0 Å². The number of methoxy groups -OCH3 is 1. The lowest BCUT2D eigenvalue weighted by atomic mass is 9.98. The van der Waals surface area contributed by atoms with Gasteiger partial charge in [0.15, 0.2) is 24.6 Å². The minimum absolute atomic E-state index is 0.221. The van der Waals surface area contributed by atoms with Gasteiger partial charge in [-0.05, 0) is 0 Å². The Balaban J connectivity index is 2.29. The highest BCUT2D eigenvalue weighted by molar-refractivity contribution is 5.67. The van der Waals surface area contributed by atoms with Crippen LogP contribution < -0.4 is 0 Å². The van der Waals surface area contributed by atoms with E-state index in [0.717, 1.165) is 0 Å². The number of carbonyl (C=O) groups excluding carboxylic acids is 3. The molecule has 0 aromatic rings. The Hall–Kier alpha value is -1.75. The molecule has 2 heterocycles. The summed E-state index contributed by atoms with van der Waals surface area (Å²) in [7, 11) is 1.37. The van der Waals surface area contributed by atoms with E-state index in [1.165, 1.54) is 34.8 Å². The molecule has 142 valence electrons. The number of hydrogen-bond acceptors (Lipinski definition) is 10. The third-order valence-electron chi connectivity index (χ3n) is 3.70. The van der Waals surface area contributed by atoms with Crippen LogP contribution in [0.5, 0.6) is 0 Å². The fourth-order valence-electron chi connectivity index (χ4n) is 2.67. The third kappa shape index (κ3) is 4.66. The lowest BCUT2D eigenvalue weighted by molar-refractivity contribution is -0.334. The SMILES string of the molecule is COC1(C)OC2[C@@H](OC(COC(C)=O)[C@@H](OC(C)=O)[C@H]2OC(C)=O)O1. The van der Waals surface area contributed by atoms with Crippen LogP contribution >= 0.6 is 0 Å². The number of fused-ring (bicyclic) bond motifs is 1. The second kappa shape index (κ2) is 7.65. The number of hydrogen-bond donors (Lipinski definition) is 0. The molecule has 2 saturated heterocycles. The molecule has 2 rings (SSSR count). The molecule has 0 radical (unpaired) electrons. The lowest BCUT2D eigenvalue weighted by Gasteiger charge is -2.40. The first-order chi connectivity index (χ1) is 11.6. The highest BCUT2D eigenvalue weighted by Gasteiger charge is 2.59. The zero-order valence-electron chi connectivity index (χ0n) is 14.7. The van der Waals surface area contributed by atoms with Crippen LogP contribution in [0.3, 0.4) is 0 Å². The van der Waals surface area contributed by atoms with Gasteiger partial charge in [0.05, 0.1) is 0 Å². The fourth-order valence-corrected chi connectivity index (χ4v) is 2.67. The van der Waals surface area contributed by atoms with Gasteiger partial charge in [0.25, 0.3) is 5.97 Å². The van der Waals surface area contributed by atoms with Crippen molar-refractivity contribution in [2.24, 2.45) is 0 Å². The Morgan fingerprint density at radius 3 is 2.08 bits per heavy atom. The molecule has 10 heteroatoms. The van der Waals surface area contributed by atoms with Crippen molar-refractivity contribution in [1.82, 2.24) is 0 Å². The molecule has 0 aliphatic carbocycles. The van der Waals surface area contributed by atoms with Gasteiger partial charge in [-0.15, -0.1) is 0 Å².